The van der Waals surface area contributed by atoms with E-state index in [0.29, 0.717) is 12.8 Å². The monoisotopic (exact) mass is 354 g/mol. The molecule has 2 aliphatic carbocycles. The Morgan fingerprint density at radius 3 is 2.36 bits per heavy atom. The number of rotatable bonds is 4. The molecule has 7 atom stereocenters. The van der Waals surface area contributed by atoms with Gasteiger partial charge in [-0.2, -0.15) is 0 Å². The van der Waals surface area contributed by atoms with Gasteiger partial charge in [-0.3, -0.25) is 4.79 Å². The molecule has 0 amide bonds. The smallest absolute Gasteiger partial charge is 0.168 e. The average molecular weight is 354 g/mol. The first kappa shape index (κ1) is 19.3. The third-order valence-electron chi connectivity index (χ3n) is 7.72. The van der Waals surface area contributed by atoms with Gasteiger partial charge in [0.05, 0.1) is 17.8 Å². The van der Waals surface area contributed by atoms with Crippen molar-refractivity contribution in [1.82, 2.24) is 0 Å². The topological polar surface area (TPSA) is 90.3 Å². The molecule has 2 saturated carbocycles. The van der Waals surface area contributed by atoms with E-state index in [0.717, 1.165) is 19.3 Å². The lowest BCUT2D eigenvalue weighted by Crippen LogP contribution is -2.68. The predicted molar refractivity (Wildman–Crippen MR) is 94.0 cm³/mol. The number of hydrogen-bond acceptors (Lipinski definition) is 5. The van der Waals surface area contributed by atoms with Crippen LogP contribution in [0.2, 0.25) is 0 Å². The molecule has 1 heterocycles. The molecule has 0 spiro atoms. The number of ketones is 1. The zero-order chi connectivity index (χ0) is 18.8. The quantitative estimate of drug-likeness (QED) is 0.672. The second-order valence-electron chi connectivity index (χ2n) is 10.0. The van der Waals surface area contributed by atoms with Crippen molar-refractivity contribution in [2.45, 2.75) is 90.1 Å². The van der Waals surface area contributed by atoms with Gasteiger partial charge in [-0.05, 0) is 56.3 Å². The number of epoxide rings is 1. The van der Waals surface area contributed by atoms with Crippen molar-refractivity contribution in [3.8, 4) is 0 Å². The molecular formula is C20H34O5. The first-order valence-electron chi connectivity index (χ1n) is 9.63. The van der Waals surface area contributed by atoms with Crippen LogP contribution in [0.1, 0.15) is 66.7 Å². The summed E-state index contributed by atoms with van der Waals surface area (Å²) in [6.07, 6.45) is 2.79. The molecule has 1 aliphatic heterocycles. The van der Waals surface area contributed by atoms with Gasteiger partial charge in [0.25, 0.3) is 0 Å². The summed E-state index contributed by atoms with van der Waals surface area (Å²) in [4.78, 5) is 13.0. The Hall–Kier alpha value is -0.490. The van der Waals surface area contributed by atoms with Crippen molar-refractivity contribution >= 4 is 5.78 Å². The number of aliphatic hydroxyl groups is 3. The van der Waals surface area contributed by atoms with Gasteiger partial charge in [-0.25, -0.2) is 0 Å². The first-order valence-corrected chi connectivity index (χ1v) is 9.63. The summed E-state index contributed by atoms with van der Waals surface area (Å²) in [5, 5.41) is 31.1. The van der Waals surface area contributed by atoms with Gasteiger partial charge in [0.2, 0.25) is 0 Å². The number of ether oxygens (including phenoxy) is 1. The van der Waals surface area contributed by atoms with Gasteiger partial charge in [0.1, 0.15) is 12.2 Å². The third kappa shape index (κ3) is 2.78. The summed E-state index contributed by atoms with van der Waals surface area (Å²) in [6, 6.07) is 0. The lowest BCUT2D eigenvalue weighted by Gasteiger charge is -2.61. The lowest BCUT2D eigenvalue weighted by molar-refractivity contribution is -0.213. The van der Waals surface area contributed by atoms with Gasteiger partial charge < -0.3 is 20.1 Å². The lowest BCUT2D eigenvalue weighted by atomic mass is 9.44. The summed E-state index contributed by atoms with van der Waals surface area (Å²) in [5.41, 5.74) is -2.29. The molecule has 3 fully saturated rings. The van der Waals surface area contributed by atoms with Crippen molar-refractivity contribution in [3.63, 3.8) is 0 Å². The van der Waals surface area contributed by atoms with Crippen LogP contribution in [0.15, 0.2) is 0 Å². The highest BCUT2D eigenvalue weighted by Crippen LogP contribution is 2.62. The molecule has 3 aliphatic rings. The fourth-order valence-electron chi connectivity index (χ4n) is 6.29. The molecule has 0 aromatic carbocycles. The Morgan fingerprint density at radius 1 is 1.16 bits per heavy atom. The minimum atomic E-state index is -1.43. The minimum absolute atomic E-state index is 0.00555. The maximum atomic E-state index is 13.0. The van der Waals surface area contributed by atoms with Crippen LogP contribution in [0.3, 0.4) is 0 Å². The van der Waals surface area contributed by atoms with Crippen LogP contribution < -0.4 is 0 Å². The highest BCUT2D eigenvalue weighted by atomic mass is 16.6. The van der Waals surface area contributed by atoms with Crippen LogP contribution in [-0.4, -0.2) is 51.1 Å². The predicted octanol–water partition coefficient (Wildman–Crippen LogP) is 2.06. The summed E-state index contributed by atoms with van der Waals surface area (Å²) in [5.74, 6) is -0.622. The molecule has 3 N–H and O–H groups in total. The van der Waals surface area contributed by atoms with Crippen LogP contribution in [0, 0.1) is 22.7 Å². The Labute approximate surface area is 150 Å². The Morgan fingerprint density at radius 2 is 1.80 bits per heavy atom. The fraction of sp³-hybridized carbons (Fsp3) is 0.950. The largest absolute Gasteiger partial charge is 0.394 e. The normalized spacial score (nSPS) is 51.9. The molecule has 0 unspecified atom stereocenters. The maximum Gasteiger partial charge on any atom is 0.168 e. The van der Waals surface area contributed by atoms with Gasteiger partial charge in [0, 0.05) is 5.92 Å². The maximum absolute atomic E-state index is 13.0. The Balaban J connectivity index is 1.92. The molecular weight excluding hydrogens is 320 g/mol. The minimum Gasteiger partial charge on any atom is -0.394 e. The summed E-state index contributed by atoms with van der Waals surface area (Å²) in [7, 11) is 0. The molecule has 0 aromatic heterocycles. The van der Waals surface area contributed by atoms with E-state index in [9.17, 15) is 20.1 Å². The van der Waals surface area contributed by atoms with E-state index in [1.165, 1.54) is 0 Å². The molecule has 5 heteroatoms. The summed E-state index contributed by atoms with van der Waals surface area (Å²) >= 11 is 0. The van der Waals surface area contributed by atoms with Crippen molar-refractivity contribution < 1.29 is 24.9 Å². The third-order valence-corrected chi connectivity index (χ3v) is 7.72. The number of aliphatic hydroxyl groups excluding tert-OH is 2. The van der Waals surface area contributed by atoms with Crippen LogP contribution in [0.4, 0.5) is 0 Å². The number of Topliss-reactive ketones (excluding diaryl/α,β-unsaturated/α-hetero) is 1. The molecule has 0 radical (unpaired) electrons. The molecule has 25 heavy (non-hydrogen) atoms. The van der Waals surface area contributed by atoms with E-state index in [4.69, 9.17) is 4.74 Å². The Kier molecular flexibility index (Phi) is 4.43. The molecule has 5 nitrogen and oxygen atoms in total. The first-order chi connectivity index (χ1) is 11.4. The van der Waals surface area contributed by atoms with Crippen molar-refractivity contribution in [2.24, 2.45) is 22.7 Å². The highest BCUT2D eigenvalue weighted by Gasteiger charge is 2.65. The summed E-state index contributed by atoms with van der Waals surface area (Å²) < 4.78 is 5.61. The van der Waals surface area contributed by atoms with E-state index >= 15 is 0 Å². The second kappa shape index (κ2) is 5.75. The second-order valence-corrected chi connectivity index (χ2v) is 10.0. The van der Waals surface area contributed by atoms with E-state index in [1.54, 1.807) is 6.92 Å². The van der Waals surface area contributed by atoms with Crippen molar-refractivity contribution in [2.75, 3.05) is 6.61 Å². The van der Waals surface area contributed by atoms with E-state index in [2.05, 4.69) is 20.8 Å². The SMILES string of the molecule is CC1(C)CCC[C@@]2(C)[C@@H]1C(=O)[C@@H](O)[C@@](C)(O)[C@@H]2CC[C@]1(C)O[C@H]1CO. The number of fused-ring (bicyclic) bond motifs is 1. The van der Waals surface area contributed by atoms with E-state index < -0.39 is 11.7 Å². The van der Waals surface area contributed by atoms with E-state index in [1.807, 2.05) is 6.92 Å². The van der Waals surface area contributed by atoms with E-state index in [-0.39, 0.29) is 46.8 Å². The highest BCUT2D eigenvalue weighted by molar-refractivity contribution is 5.89. The Bertz CT molecular complexity index is 556. The molecule has 3 rings (SSSR count). The van der Waals surface area contributed by atoms with Gasteiger partial charge in [-0.15, -0.1) is 0 Å². The zero-order valence-electron chi connectivity index (χ0n) is 16.2. The number of carbonyl (C=O) groups excluding carboxylic acids is 1. The molecule has 1 saturated heterocycles. The molecule has 0 bridgehead atoms. The van der Waals surface area contributed by atoms with Crippen LogP contribution in [-0.2, 0) is 9.53 Å². The van der Waals surface area contributed by atoms with Crippen molar-refractivity contribution in [1.29, 1.82) is 0 Å². The average Bonchev–Trinajstić information content (AvgIpc) is 3.14. The standard InChI is InChI=1S/C20H34O5/c1-17(2)8-6-9-18(3)12(7-10-19(4)13(11-21)25-19)20(5,24)16(23)14(22)15(17)18/h12-13,15-16,21,23-24H,6-11H2,1-5H3/t12-,13+,15-,16-,18-,19+,20+/m1/s1. The van der Waals surface area contributed by atoms with Gasteiger partial charge in [0.15, 0.2) is 5.78 Å². The molecule has 144 valence electrons. The molecule has 0 aromatic rings. The van der Waals surface area contributed by atoms with Crippen LogP contribution in [0.25, 0.3) is 0 Å². The summed E-state index contributed by atoms with van der Waals surface area (Å²) in [6.45, 7) is 9.96. The van der Waals surface area contributed by atoms with Crippen molar-refractivity contribution in [3.05, 3.63) is 0 Å². The number of carbonyl (C=O) groups is 1. The van der Waals surface area contributed by atoms with Crippen LogP contribution >= 0.6 is 0 Å². The van der Waals surface area contributed by atoms with Gasteiger partial charge >= 0.3 is 0 Å². The van der Waals surface area contributed by atoms with Gasteiger partial charge in [-0.1, -0.05) is 27.2 Å². The fourth-order valence-corrected chi connectivity index (χ4v) is 6.29. The van der Waals surface area contributed by atoms with Crippen LogP contribution in [0.5, 0.6) is 0 Å². The number of hydrogen-bond donors (Lipinski definition) is 3. The zero-order valence-corrected chi connectivity index (χ0v) is 16.2.